The normalized spacial score (nSPS) is 21.1. The highest BCUT2D eigenvalue weighted by Gasteiger charge is 2.47. The second kappa shape index (κ2) is 14.5. The molecule has 6 rings (SSSR count). The molecule has 0 radical (unpaired) electrons. The smallest absolute Gasteiger partial charge is 0.338 e. The molecule has 15 heteroatoms. The first-order valence-corrected chi connectivity index (χ1v) is 17.2. The van der Waals surface area contributed by atoms with E-state index in [9.17, 15) is 18.8 Å². The third kappa shape index (κ3) is 6.60. The summed E-state index contributed by atoms with van der Waals surface area (Å²) >= 11 is 7.91. The number of anilines is 1. The van der Waals surface area contributed by atoms with Crippen LogP contribution < -0.4 is 10.2 Å². The van der Waals surface area contributed by atoms with Gasteiger partial charge in [-0.25, -0.2) is 19.0 Å². The van der Waals surface area contributed by atoms with E-state index >= 15 is 0 Å². The number of nitrogens with zero attached hydrogens (tertiary/aromatic N) is 5. The number of halogens is 2. The number of amidine groups is 1. The summed E-state index contributed by atoms with van der Waals surface area (Å²) in [6, 6.07) is 9.87. The van der Waals surface area contributed by atoms with Crippen LogP contribution in [0.2, 0.25) is 5.02 Å². The first-order chi connectivity index (χ1) is 24.0. The number of fused-ring (bicyclic) bond motifs is 1. The monoisotopic (exact) mass is 724 g/mol. The molecule has 0 unspecified atom stereocenters. The molecule has 0 saturated carbocycles. The van der Waals surface area contributed by atoms with Crippen LogP contribution in [0.25, 0.3) is 0 Å². The zero-order valence-electron chi connectivity index (χ0n) is 28.3. The number of piperazine rings is 1. The second-order valence-corrected chi connectivity index (χ2v) is 14.0. The Labute approximate surface area is 298 Å². The molecule has 0 spiro atoms. The fraction of sp³-hybridized carbons (Fsp3) is 0.400. The molecular formula is C35H38ClFN6O6S. The van der Waals surface area contributed by atoms with E-state index in [2.05, 4.69) is 15.2 Å². The summed E-state index contributed by atoms with van der Waals surface area (Å²) < 4.78 is 30.0. The Bertz CT molecular complexity index is 1830. The largest absolute Gasteiger partial charge is 0.468 e. The van der Waals surface area contributed by atoms with Crippen molar-refractivity contribution in [1.29, 1.82) is 0 Å². The summed E-state index contributed by atoms with van der Waals surface area (Å²) in [5.74, 6) is -1.03. The summed E-state index contributed by atoms with van der Waals surface area (Å²) in [6.07, 6.45) is 1.66. The number of benzene rings is 2. The fourth-order valence-electron chi connectivity index (χ4n) is 6.80. The van der Waals surface area contributed by atoms with Crippen LogP contribution in [0.5, 0.6) is 0 Å². The zero-order chi connectivity index (χ0) is 35.7. The van der Waals surface area contributed by atoms with Gasteiger partial charge in [-0.2, -0.15) is 0 Å². The summed E-state index contributed by atoms with van der Waals surface area (Å²) in [6.45, 7) is 5.49. The van der Waals surface area contributed by atoms with Crippen molar-refractivity contribution >= 4 is 52.4 Å². The number of carbonyl (C=O) groups excluding carboxylic acids is 3. The van der Waals surface area contributed by atoms with Gasteiger partial charge in [-0.1, -0.05) is 29.8 Å². The summed E-state index contributed by atoms with van der Waals surface area (Å²) in [5, 5.41) is 5.89. The summed E-state index contributed by atoms with van der Waals surface area (Å²) in [5.41, 5.74) is 1.85. The fourth-order valence-corrected chi connectivity index (χ4v) is 7.66. The standard InChI is InChI=1S/C35H38ClFN6O6S/c1-35(2,33(45)49-5)20-6-9-22(10-7-20)43-18-26-27(19-47-3)41(13-14-42(26)34(43)46)17-25-28(32(44)48-4)29(23-11-8-21(37)16-24(23)36)40-30(39-25)31-38-12-15-50-31/h6-12,15-16,26-27,29H,13-14,17-19H2,1-5H3,(H,39,40)/t26-,27-,29-/m0/s1. The number of ether oxygens (including phenoxy) is 3. The lowest BCUT2D eigenvalue weighted by Crippen LogP contribution is -2.61. The van der Waals surface area contributed by atoms with Crippen molar-refractivity contribution in [3.05, 3.63) is 92.3 Å². The van der Waals surface area contributed by atoms with E-state index in [1.807, 2.05) is 34.5 Å². The van der Waals surface area contributed by atoms with Crippen LogP contribution in [0.3, 0.4) is 0 Å². The number of rotatable bonds is 10. The first kappa shape index (κ1) is 35.5. The second-order valence-electron chi connectivity index (χ2n) is 12.7. The quantitative estimate of drug-likeness (QED) is 0.300. The SMILES string of the molecule is COC[C@H]1[C@@H]2CN(c3ccc(C(C)(C)C(=O)OC)cc3)C(=O)N2CCN1CC1=C(C(=O)OC)[C@H](c2ccc(F)cc2Cl)N=C(c2nccs2)N1. The van der Waals surface area contributed by atoms with Crippen LogP contribution in [0, 0.1) is 5.82 Å². The van der Waals surface area contributed by atoms with Gasteiger partial charge in [0, 0.05) is 66.8 Å². The predicted molar refractivity (Wildman–Crippen MR) is 187 cm³/mol. The Morgan fingerprint density at radius 2 is 1.86 bits per heavy atom. The number of esters is 2. The van der Waals surface area contributed by atoms with Gasteiger partial charge in [0.25, 0.3) is 0 Å². The number of hydrogen-bond acceptors (Lipinski definition) is 11. The van der Waals surface area contributed by atoms with Crippen molar-refractivity contribution in [2.45, 2.75) is 37.4 Å². The molecule has 264 valence electrons. The van der Waals surface area contributed by atoms with E-state index in [0.29, 0.717) is 54.0 Å². The number of nitrogens with one attached hydrogen (secondary N) is 1. The van der Waals surface area contributed by atoms with E-state index in [4.69, 9.17) is 30.8 Å². The maximum atomic E-state index is 14.1. The molecule has 50 heavy (non-hydrogen) atoms. The van der Waals surface area contributed by atoms with Gasteiger partial charge in [-0.05, 0) is 43.7 Å². The lowest BCUT2D eigenvalue weighted by molar-refractivity contribution is -0.146. The van der Waals surface area contributed by atoms with Crippen LogP contribution in [0.15, 0.2) is 70.3 Å². The lowest BCUT2D eigenvalue weighted by Gasteiger charge is -2.44. The number of aromatic nitrogens is 1. The van der Waals surface area contributed by atoms with E-state index in [0.717, 1.165) is 5.56 Å². The van der Waals surface area contributed by atoms with Gasteiger partial charge in [-0.15, -0.1) is 11.3 Å². The van der Waals surface area contributed by atoms with Crippen LogP contribution >= 0.6 is 22.9 Å². The highest BCUT2D eigenvalue weighted by atomic mass is 35.5. The Morgan fingerprint density at radius 1 is 1.10 bits per heavy atom. The minimum absolute atomic E-state index is 0.120. The van der Waals surface area contributed by atoms with Crippen molar-refractivity contribution < 1.29 is 33.0 Å². The van der Waals surface area contributed by atoms with Crippen molar-refractivity contribution in [3.8, 4) is 0 Å². The third-order valence-corrected chi connectivity index (χ3v) is 10.6. The third-order valence-electron chi connectivity index (χ3n) is 9.51. The van der Waals surface area contributed by atoms with E-state index in [1.165, 1.54) is 43.8 Å². The van der Waals surface area contributed by atoms with Crippen LogP contribution in [0.1, 0.15) is 36.0 Å². The van der Waals surface area contributed by atoms with Gasteiger partial charge < -0.3 is 24.4 Å². The van der Waals surface area contributed by atoms with Crippen molar-refractivity contribution in [3.63, 3.8) is 0 Å². The molecule has 3 aliphatic heterocycles. The lowest BCUT2D eigenvalue weighted by atomic mass is 9.84. The average Bonchev–Trinajstić information content (AvgIpc) is 3.77. The minimum atomic E-state index is -0.899. The van der Waals surface area contributed by atoms with Crippen LogP contribution in [-0.2, 0) is 29.2 Å². The van der Waals surface area contributed by atoms with Gasteiger partial charge >= 0.3 is 18.0 Å². The van der Waals surface area contributed by atoms with Crippen molar-refractivity contribution in [1.82, 2.24) is 20.1 Å². The van der Waals surface area contributed by atoms with E-state index in [1.54, 1.807) is 32.1 Å². The number of thiazole rings is 1. The van der Waals surface area contributed by atoms with E-state index in [-0.39, 0.29) is 41.2 Å². The number of urea groups is 1. The molecule has 0 bridgehead atoms. The van der Waals surface area contributed by atoms with Crippen LogP contribution in [0.4, 0.5) is 14.9 Å². The maximum Gasteiger partial charge on any atom is 0.338 e. The summed E-state index contributed by atoms with van der Waals surface area (Å²) in [7, 11) is 4.27. The highest BCUT2D eigenvalue weighted by molar-refractivity contribution is 7.11. The minimum Gasteiger partial charge on any atom is -0.468 e. The number of hydrogen-bond donors (Lipinski definition) is 1. The van der Waals surface area contributed by atoms with Crippen molar-refractivity contribution in [2.75, 3.05) is 59.0 Å². The topological polar surface area (TPSA) is 126 Å². The van der Waals surface area contributed by atoms with Gasteiger partial charge in [-0.3, -0.25) is 19.6 Å². The Kier molecular flexibility index (Phi) is 10.3. The van der Waals surface area contributed by atoms with Gasteiger partial charge in [0.2, 0.25) is 0 Å². The van der Waals surface area contributed by atoms with Crippen LogP contribution in [-0.4, -0.2) is 105 Å². The molecule has 2 amide bonds. The Balaban J connectivity index is 1.32. The Hall–Kier alpha value is -4.37. The van der Waals surface area contributed by atoms with Gasteiger partial charge in [0.05, 0.1) is 43.9 Å². The highest BCUT2D eigenvalue weighted by Crippen LogP contribution is 2.38. The average molecular weight is 725 g/mol. The molecule has 2 fully saturated rings. The van der Waals surface area contributed by atoms with Gasteiger partial charge in [0.15, 0.2) is 10.8 Å². The summed E-state index contributed by atoms with van der Waals surface area (Å²) in [4.78, 5) is 54.7. The molecule has 1 aromatic heterocycles. The Morgan fingerprint density at radius 3 is 2.50 bits per heavy atom. The first-order valence-electron chi connectivity index (χ1n) is 16.0. The number of carbonyl (C=O) groups is 3. The molecule has 0 aliphatic carbocycles. The molecule has 3 atom stereocenters. The van der Waals surface area contributed by atoms with Gasteiger partial charge in [0.1, 0.15) is 11.9 Å². The molecule has 4 heterocycles. The molecule has 2 aromatic carbocycles. The molecule has 2 saturated heterocycles. The van der Waals surface area contributed by atoms with E-state index < -0.39 is 23.2 Å². The number of methoxy groups -OCH3 is 3. The van der Waals surface area contributed by atoms with Crippen molar-refractivity contribution in [2.24, 2.45) is 4.99 Å². The molecule has 1 N–H and O–H groups in total. The molecule has 3 aromatic rings. The molecule has 12 nitrogen and oxygen atoms in total. The predicted octanol–water partition coefficient (Wildman–Crippen LogP) is 4.55. The zero-order valence-corrected chi connectivity index (χ0v) is 29.9. The molecule has 3 aliphatic rings. The number of amides is 2. The number of aliphatic imine (C=N–C) groups is 1. The molecular weight excluding hydrogens is 687 g/mol. The maximum absolute atomic E-state index is 14.1.